The van der Waals surface area contributed by atoms with Gasteiger partial charge < -0.3 is 10.2 Å². The van der Waals surface area contributed by atoms with Gasteiger partial charge >= 0.3 is 6.03 Å². The highest BCUT2D eigenvalue weighted by atomic mass is 32.2. The number of hydrogen-bond acceptors (Lipinski definition) is 2. The Labute approximate surface area is 129 Å². The molecular weight excluding hydrogens is 287 g/mol. The Morgan fingerprint density at radius 1 is 1.19 bits per heavy atom. The van der Waals surface area contributed by atoms with E-state index in [2.05, 4.69) is 5.32 Å². The number of carbonyl (C=O) groups excluding carboxylic acids is 1. The van der Waals surface area contributed by atoms with Crippen molar-refractivity contribution < 1.29 is 9.18 Å². The molecule has 0 spiro atoms. The van der Waals surface area contributed by atoms with Crippen LogP contribution in [0, 0.1) is 5.82 Å². The predicted octanol–water partition coefficient (Wildman–Crippen LogP) is 3.92. The van der Waals surface area contributed by atoms with E-state index in [0.717, 1.165) is 30.7 Å². The molecule has 1 aliphatic carbocycles. The van der Waals surface area contributed by atoms with Crippen LogP contribution in [-0.2, 0) is 0 Å². The van der Waals surface area contributed by atoms with Crippen LogP contribution in [0.2, 0.25) is 0 Å². The van der Waals surface area contributed by atoms with E-state index < -0.39 is 0 Å². The fraction of sp³-hybridized carbons (Fsp3) is 0.562. The molecule has 0 unspecified atom stereocenters. The van der Waals surface area contributed by atoms with E-state index in [9.17, 15) is 9.18 Å². The van der Waals surface area contributed by atoms with Crippen LogP contribution in [0.4, 0.5) is 9.18 Å². The number of urea groups is 1. The Morgan fingerprint density at radius 2 is 1.90 bits per heavy atom. The monoisotopic (exact) mass is 308 g/mol. The van der Waals surface area contributed by atoms with Gasteiger partial charge in [-0.3, -0.25) is 0 Å². The average molecular weight is 308 g/mol. The summed E-state index contributed by atoms with van der Waals surface area (Å²) in [5, 5.41) is 3.18. The average Bonchev–Trinajstić information content (AvgIpc) is 2.98. The molecule has 1 N–H and O–H groups in total. The molecule has 1 aliphatic heterocycles. The molecule has 114 valence electrons. The summed E-state index contributed by atoms with van der Waals surface area (Å²) in [5.74, 6) is 0.695. The van der Waals surface area contributed by atoms with Crippen LogP contribution in [0.15, 0.2) is 24.3 Å². The third-order valence-electron chi connectivity index (χ3n) is 4.24. The normalized spacial score (nSPS) is 23.3. The molecule has 3 nitrogen and oxygen atoms in total. The molecule has 1 atom stereocenters. The minimum atomic E-state index is -0.236. The summed E-state index contributed by atoms with van der Waals surface area (Å²) in [4.78, 5) is 14.4. The van der Waals surface area contributed by atoms with Crippen molar-refractivity contribution in [1.29, 1.82) is 0 Å². The Balaban J connectivity index is 1.65. The zero-order chi connectivity index (χ0) is 14.7. The molecule has 0 bridgehead atoms. The summed E-state index contributed by atoms with van der Waals surface area (Å²) in [6, 6.07) is 6.84. The summed E-state index contributed by atoms with van der Waals surface area (Å²) in [7, 11) is 0. The first-order valence-electron chi connectivity index (χ1n) is 7.68. The maximum absolute atomic E-state index is 13.0. The number of benzene rings is 1. The lowest BCUT2D eigenvalue weighted by Crippen LogP contribution is -2.45. The van der Waals surface area contributed by atoms with Crippen LogP contribution in [-0.4, -0.2) is 29.3 Å². The van der Waals surface area contributed by atoms with Gasteiger partial charge in [0.15, 0.2) is 0 Å². The van der Waals surface area contributed by atoms with Gasteiger partial charge in [0.1, 0.15) is 11.2 Å². The van der Waals surface area contributed by atoms with Crippen molar-refractivity contribution in [3.05, 3.63) is 35.6 Å². The molecule has 2 aliphatic rings. The molecule has 1 saturated heterocycles. The summed E-state index contributed by atoms with van der Waals surface area (Å²) in [5.41, 5.74) is 0.998. The molecule has 21 heavy (non-hydrogen) atoms. The minimum absolute atomic E-state index is 0.00851. The maximum atomic E-state index is 13.0. The molecular formula is C16H21FN2OS. The van der Waals surface area contributed by atoms with Gasteiger partial charge in [-0.1, -0.05) is 31.4 Å². The Kier molecular flexibility index (Phi) is 4.68. The highest BCUT2D eigenvalue weighted by Crippen LogP contribution is 2.37. The number of amides is 2. The van der Waals surface area contributed by atoms with Gasteiger partial charge in [0.2, 0.25) is 0 Å². The highest BCUT2D eigenvalue weighted by molar-refractivity contribution is 7.99. The van der Waals surface area contributed by atoms with Gasteiger partial charge in [-0.05, 0) is 30.5 Å². The molecule has 1 heterocycles. The Hall–Kier alpha value is -1.23. The number of halogens is 1. The van der Waals surface area contributed by atoms with Crippen LogP contribution >= 0.6 is 11.8 Å². The molecule has 0 radical (unpaired) electrons. The highest BCUT2D eigenvalue weighted by Gasteiger charge is 2.31. The summed E-state index contributed by atoms with van der Waals surface area (Å²) in [6.45, 7) is 0.755. The number of hydrogen-bond donors (Lipinski definition) is 1. The SMILES string of the molecule is O=C(NC1CCCCC1)N1CCS[C@H]1c1ccc(F)cc1. The van der Waals surface area contributed by atoms with Gasteiger partial charge in [-0.15, -0.1) is 11.8 Å². The van der Waals surface area contributed by atoms with Crippen molar-refractivity contribution in [3.63, 3.8) is 0 Å². The fourth-order valence-electron chi connectivity index (χ4n) is 3.09. The lowest BCUT2D eigenvalue weighted by Gasteiger charge is -2.29. The second-order valence-electron chi connectivity index (χ2n) is 5.75. The van der Waals surface area contributed by atoms with E-state index in [1.807, 2.05) is 4.90 Å². The largest absolute Gasteiger partial charge is 0.335 e. The first-order valence-corrected chi connectivity index (χ1v) is 8.73. The fourth-order valence-corrected chi connectivity index (χ4v) is 4.34. The van der Waals surface area contributed by atoms with Crippen molar-refractivity contribution >= 4 is 17.8 Å². The summed E-state index contributed by atoms with van der Waals surface area (Å²) in [6.07, 6.45) is 5.88. The second kappa shape index (κ2) is 6.69. The van der Waals surface area contributed by atoms with E-state index in [4.69, 9.17) is 0 Å². The van der Waals surface area contributed by atoms with Crippen LogP contribution in [0.25, 0.3) is 0 Å². The zero-order valence-corrected chi connectivity index (χ0v) is 12.9. The predicted molar refractivity (Wildman–Crippen MR) is 83.7 cm³/mol. The number of carbonyl (C=O) groups is 1. The maximum Gasteiger partial charge on any atom is 0.318 e. The number of nitrogens with zero attached hydrogens (tertiary/aromatic N) is 1. The standard InChI is InChI=1S/C16H21FN2OS/c17-13-8-6-12(7-9-13)15-19(10-11-21-15)16(20)18-14-4-2-1-3-5-14/h6-9,14-15H,1-5,10-11H2,(H,18,20)/t15-/m0/s1. The first-order chi connectivity index (χ1) is 10.2. The topological polar surface area (TPSA) is 32.3 Å². The quantitative estimate of drug-likeness (QED) is 0.898. The Bertz CT molecular complexity index is 488. The lowest BCUT2D eigenvalue weighted by molar-refractivity contribution is 0.192. The third kappa shape index (κ3) is 3.51. The van der Waals surface area contributed by atoms with Crippen molar-refractivity contribution in [1.82, 2.24) is 10.2 Å². The van der Waals surface area contributed by atoms with Crippen LogP contribution < -0.4 is 5.32 Å². The number of rotatable bonds is 2. The number of thioether (sulfide) groups is 1. The first kappa shape index (κ1) is 14.7. The van der Waals surface area contributed by atoms with Gasteiger partial charge in [0, 0.05) is 18.3 Å². The molecule has 2 amide bonds. The number of nitrogens with one attached hydrogen (secondary N) is 1. The molecule has 1 saturated carbocycles. The second-order valence-corrected chi connectivity index (χ2v) is 6.94. The molecule has 0 aromatic heterocycles. The van der Waals surface area contributed by atoms with Crippen molar-refractivity contribution in [2.75, 3.05) is 12.3 Å². The Morgan fingerprint density at radius 3 is 2.62 bits per heavy atom. The van der Waals surface area contributed by atoms with Crippen LogP contribution in [0.3, 0.4) is 0 Å². The molecule has 1 aromatic carbocycles. The van der Waals surface area contributed by atoms with Gasteiger partial charge in [0.25, 0.3) is 0 Å². The summed E-state index contributed by atoms with van der Waals surface area (Å²) >= 11 is 1.74. The van der Waals surface area contributed by atoms with E-state index in [1.54, 1.807) is 23.9 Å². The van der Waals surface area contributed by atoms with Crippen LogP contribution in [0.1, 0.15) is 43.0 Å². The molecule has 1 aromatic rings. The lowest BCUT2D eigenvalue weighted by atomic mass is 9.96. The molecule has 3 rings (SSSR count). The van der Waals surface area contributed by atoms with Gasteiger partial charge in [0.05, 0.1) is 0 Å². The van der Waals surface area contributed by atoms with E-state index in [-0.39, 0.29) is 17.2 Å². The van der Waals surface area contributed by atoms with Gasteiger partial charge in [-0.2, -0.15) is 0 Å². The zero-order valence-electron chi connectivity index (χ0n) is 12.1. The van der Waals surface area contributed by atoms with Crippen molar-refractivity contribution in [2.24, 2.45) is 0 Å². The molecule has 5 heteroatoms. The third-order valence-corrected chi connectivity index (χ3v) is 5.50. The van der Waals surface area contributed by atoms with Crippen molar-refractivity contribution in [3.8, 4) is 0 Å². The van der Waals surface area contributed by atoms with E-state index in [0.29, 0.717) is 6.04 Å². The van der Waals surface area contributed by atoms with Crippen molar-refractivity contribution in [2.45, 2.75) is 43.5 Å². The van der Waals surface area contributed by atoms with E-state index in [1.165, 1.54) is 31.4 Å². The molecule has 2 fully saturated rings. The van der Waals surface area contributed by atoms with Gasteiger partial charge in [-0.25, -0.2) is 9.18 Å². The smallest absolute Gasteiger partial charge is 0.318 e. The van der Waals surface area contributed by atoms with E-state index >= 15 is 0 Å². The minimum Gasteiger partial charge on any atom is -0.335 e. The summed E-state index contributed by atoms with van der Waals surface area (Å²) < 4.78 is 13.0. The van der Waals surface area contributed by atoms with Crippen LogP contribution in [0.5, 0.6) is 0 Å².